The van der Waals surface area contributed by atoms with E-state index < -0.39 is 0 Å². The van der Waals surface area contributed by atoms with Crippen LogP contribution in [0.1, 0.15) is 11.1 Å². The maximum atomic E-state index is 8.94. The quantitative estimate of drug-likeness (QED) is 0.164. The number of nitrogens with zero attached hydrogens (tertiary/aromatic N) is 4. The normalized spacial score (nSPS) is 13.1. The average molecular weight is 804 g/mol. The van der Waals surface area contributed by atoms with E-state index in [1.54, 1.807) is 0 Å². The van der Waals surface area contributed by atoms with Gasteiger partial charge in [0.05, 0.1) is 34.0 Å². The second kappa shape index (κ2) is 14.8. The van der Waals surface area contributed by atoms with Gasteiger partial charge in [-0.25, -0.2) is 19.3 Å². The molecule has 0 bridgehead atoms. The van der Waals surface area contributed by atoms with Crippen molar-refractivity contribution in [3.05, 3.63) is 193 Å². The Balaban J connectivity index is 0.952. The number of para-hydroxylation sites is 1. The molecule has 0 radical (unpaired) electrons. The Hall–Kier alpha value is -7.32. The number of thiol groups is 1. The van der Waals surface area contributed by atoms with E-state index >= 15 is 0 Å². The van der Waals surface area contributed by atoms with E-state index in [0.717, 1.165) is 72.5 Å². The molecule has 282 valence electrons. The van der Waals surface area contributed by atoms with Crippen LogP contribution in [0.4, 0.5) is 0 Å². The molecule has 3 heterocycles. The third-order valence-electron chi connectivity index (χ3n) is 11.3. The highest BCUT2D eigenvalue weighted by Gasteiger charge is 2.23. The second-order valence-electron chi connectivity index (χ2n) is 14.8. The Morgan fingerprint density at radius 3 is 1.93 bits per heavy atom. The molecule has 0 atom stereocenters. The second-order valence-corrected chi connectivity index (χ2v) is 16.1. The van der Waals surface area contributed by atoms with Crippen LogP contribution in [0.2, 0.25) is 0 Å². The summed E-state index contributed by atoms with van der Waals surface area (Å²) in [5, 5.41) is 12.5. The van der Waals surface area contributed by atoms with E-state index in [4.69, 9.17) is 20.4 Å². The van der Waals surface area contributed by atoms with E-state index in [2.05, 4.69) is 151 Å². The van der Waals surface area contributed by atoms with E-state index in [1.165, 1.54) is 31.3 Å². The molecule has 0 saturated heterocycles. The molecule has 1 aliphatic carbocycles. The summed E-state index contributed by atoms with van der Waals surface area (Å²) in [6.45, 7) is 0. The number of nitrogens with one attached hydrogen (secondary N) is 1. The highest BCUT2D eigenvalue weighted by Crippen LogP contribution is 2.41. The van der Waals surface area contributed by atoms with Crippen molar-refractivity contribution in [3.63, 3.8) is 0 Å². The van der Waals surface area contributed by atoms with Crippen LogP contribution in [0.25, 0.3) is 105 Å². The first-order chi connectivity index (χ1) is 29.6. The smallest absolute Gasteiger partial charge is 0.160 e. The number of thiophene rings is 1. The number of fused-ring (bicyclic) bond motifs is 6. The van der Waals surface area contributed by atoms with Crippen molar-refractivity contribution in [1.29, 1.82) is 5.41 Å². The molecule has 11 rings (SSSR count). The number of aromatic nitrogens is 3. The summed E-state index contributed by atoms with van der Waals surface area (Å²) in [7, 11) is 0. The lowest BCUT2D eigenvalue weighted by atomic mass is 9.88. The Labute approximate surface area is 356 Å². The van der Waals surface area contributed by atoms with Gasteiger partial charge in [0.1, 0.15) is 0 Å². The third-order valence-corrected chi connectivity index (χ3v) is 12.7. The van der Waals surface area contributed by atoms with Gasteiger partial charge in [-0.15, -0.1) is 11.3 Å². The Morgan fingerprint density at radius 2 is 1.12 bits per heavy atom. The van der Waals surface area contributed by atoms with E-state index in [-0.39, 0.29) is 0 Å². The van der Waals surface area contributed by atoms with Gasteiger partial charge in [-0.1, -0.05) is 152 Å². The molecule has 0 spiro atoms. The number of benzene rings is 7. The average Bonchev–Trinajstić information content (AvgIpc) is 3.71. The summed E-state index contributed by atoms with van der Waals surface area (Å²) in [4.78, 5) is 15.3. The lowest BCUT2D eigenvalue weighted by molar-refractivity contribution is 1.18. The molecule has 7 heteroatoms. The number of pyridine rings is 1. The van der Waals surface area contributed by atoms with Crippen LogP contribution in [-0.4, -0.2) is 26.4 Å². The van der Waals surface area contributed by atoms with Crippen molar-refractivity contribution in [3.8, 4) is 67.4 Å². The largest absolute Gasteiger partial charge is 0.298 e. The van der Waals surface area contributed by atoms with Gasteiger partial charge in [-0.05, 0) is 71.5 Å². The fraction of sp³-hybridized carbons (Fsp3) is 0. The fourth-order valence-corrected chi connectivity index (χ4v) is 9.67. The standard InChI is InChI=1S/C53H33N5S2/c54-50-45(58-59)29-28-43-49(50)42-15-4-6-18-44(42)55-51(43)35-26-20-32(21-27-35)37-12-8-13-38(30-37)47-31-46(56-53(57-47)36-10-2-1-3-11-36)34-24-22-33(23-25-34)39-16-9-17-41-40-14-5-7-19-48(40)60-52(39)41/h1-31,54,59H. The van der Waals surface area contributed by atoms with Gasteiger partial charge < -0.3 is 0 Å². The predicted molar refractivity (Wildman–Crippen MR) is 255 cm³/mol. The number of rotatable bonds is 6. The van der Waals surface area contributed by atoms with Crippen molar-refractivity contribution < 1.29 is 0 Å². The fourth-order valence-electron chi connectivity index (χ4n) is 8.27. The van der Waals surface area contributed by atoms with Crippen LogP contribution in [0.15, 0.2) is 186 Å². The Kier molecular flexibility index (Phi) is 8.84. The van der Waals surface area contributed by atoms with Crippen molar-refractivity contribution in [2.45, 2.75) is 0 Å². The SMILES string of the molecule is N=C1C(=NS)C=Cc2c(-c3ccc(-c4cccc(-c5cc(-c6ccc(-c7cccc8c7sc7ccccc78)cc6)nc(-c6ccccc6)n5)c4)cc3)nc3ccccc3c21. The van der Waals surface area contributed by atoms with Gasteiger partial charge in [0.15, 0.2) is 5.82 Å². The van der Waals surface area contributed by atoms with E-state index in [0.29, 0.717) is 17.2 Å². The highest BCUT2D eigenvalue weighted by atomic mass is 32.1. The van der Waals surface area contributed by atoms with E-state index in [9.17, 15) is 0 Å². The van der Waals surface area contributed by atoms with Crippen LogP contribution in [0.3, 0.4) is 0 Å². The molecule has 60 heavy (non-hydrogen) atoms. The van der Waals surface area contributed by atoms with Crippen LogP contribution in [0, 0.1) is 5.41 Å². The molecule has 5 nitrogen and oxygen atoms in total. The summed E-state index contributed by atoms with van der Waals surface area (Å²) >= 11 is 5.98. The molecular weight excluding hydrogens is 771 g/mol. The molecule has 0 amide bonds. The van der Waals surface area contributed by atoms with Gasteiger partial charge in [0.2, 0.25) is 0 Å². The number of allylic oxidation sites excluding steroid dienone is 1. The first kappa shape index (κ1) is 35.8. The Morgan fingerprint density at radius 1 is 0.483 bits per heavy atom. The minimum Gasteiger partial charge on any atom is -0.298 e. The molecule has 1 aliphatic rings. The predicted octanol–water partition coefficient (Wildman–Crippen LogP) is 14.1. The summed E-state index contributed by atoms with van der Waals surface area (Å²) in [5.41, 5.74) is 14.5. The zero-order valence-corrected chi connectivity index (χ0v) is 33.8. The maximum Gasteiger partial charge on any atom is 0.160 e. The summed E-state index contributed by atoms with van der Waals surface area (Å²) in [5.74, 6) is 0.679. The van der Waals surface area contributed by atoms with Crippen LogP contribution in [0.5, 0.6) is 0 Å². The monoisotopic (exact) mass is 803 g/mol. The highest BCUT2D eigenvalue weighted by molar-refractivity contribution is 7.79. The topological polar surface area (TPSA) is 74.9 Å². The van der Waals surface area contributed by atoms with Gasteiger partial charge in [0.25, 0.3) is 0 Å². The number of hydrogen-bond donors (Lipinski definition) is 2. The summed E-state index contributed by atoms with van der Waals surface area (Å²) in [6.07, 6.45) is 3.83. The Bertz CT molecular complexity index is 3380. The molecule has 10 aromatic rings. The van der Waals surface area contributed by atoms with Crippen molar-refractivity contribution in [2.75, 3.05) is 0 Å². The van der Waals surface area contributed by atoms with Gasteiger partial charge >= 0.3 is 0 Å². The van der Waals surface area contributed by atoms with E-state index in [1.807, 2.05) is 66.0 Å². The minimum atomic E-state index is 0.344. The summed E-state index contributed by atoms with van der Waals surface area (Å²) in [6, 6.07) is 61.3. The third kappa shape index (κ3) is 6.23. The molecule has 0 aliphatic heterocycles. The maximum absolute atomic E-state index is 8.94. The van der Waals surface area contributed by atoms with Crippen LogP contribution < -0.4 is 0 Å². The van der Waals surface area contributed by atoms with Crippen LogP contribution in [-0.2, 0) is 0 Å². The zero-order valence-electron chi connectivity index (χ0n) is 32.0. The molecule has 3 aromatic heterocycles. The molecule has 1 N–H and O–H groups in total. The van der Waals surface area contributed by atoms with Crippen molar-refractivity contribution in [1.82, 2.24) is 15.0 Å². The van der Waals surface area contributed by atoms with Gasteiger partial charge in [-0.2, -0.15) is 0 Å². The van der Waals surface area contributed by atoms with Crippen molar-refractivity contribution >= 4 is 72.7 Å². The molecule has 0 unspecified atom stereocenters. The minimum absolute atomic E-state index is 0.344. The number of hydrogen-bond acceptors (Lipinski definition) is 7. The molecular formula is C53H33N5S2. The zero-order chi connectivity index (χ0) is 40.2. The molecule has 0 fully saturated rings. The van der Waals surface area contributed by atoms with Gasteiger partial charge in [-0.3, -0.25) is 5.41 Å². The lowest BCUT2D eigenvalue weighted by Gasteiger charge is -2.19. The van der Waals surface area contributed by atoms with Crippen LogP contribution >= 0.6 is 24.2 Å². The summed E-state index contributed by atoms with van der Waals surface area (Å²) < 4.78 is 6.66. The first-order valence-electron chi connectivity index (χ1n) is 19.7. The molecule has 0 saturated carbocycles. The first-order valence-corrected chi connectivity index (χ1v) is 20.9. The van der Waals surface area contributed by atoms with Crippen molar-refractivity contribution in [2.24, 2.45) is 4.40 Å². The lowest BCUT2D eigenvalue weighted by Crippen LogP contribution is -2.18. The molecule has 7 aromatic carbocycles. The van der Waals surface area contributed by atoms with Gasteiger partial charge in [0, 0.05) is 58.9 Å².